The van der Waals surface area contributed by atoms with Gasteiger partial charge in [-0.15, -0.1) is 0 Å². The second-order valence-electron chi connectivity index (χ2n) is 4.15. The molecule has 3 nitrogen and oxygen atoms in total. The fourth-order valence-electron chi connectivity index (χ4n) is 1.53. The number of para-hydroxylation sites is 1. The lowest BCUT2D eigenvalue weighted by molar-refractivity contribution is -0.138. The van der Waals surface area contributed by atoms with Crippen molar-refractivity contribution < 1.29 is 9.90 Å². The van der Waals surface area contributed by atoms with E-state index in [4.69, 9.17) is 5.11 Å². The molecule has 0 saturated heterocycles. The van der Waals surface area contributed by atoms with E-state index in [1.54, 1.807) is 0 Å². The Bertz CT molecular complexity index is 324. The molecule has 1 aromatic carbocycles. The summed E-state index contributed by atoms with van der Waals surface area (Å²) in [6, 6.07) is 8.96. The van der Waals surface area contributed by atoms with E-state index < -0.39 is 12.0 Å². The average Bonchev–Trinajstić information content (AvgIpc) is 2.29. The van der Waals surface area contributed by atoms with Crippen LogP contribution in [0.1, 0.15) is 26.7 Å². The molecule has 0 bridgehead atoms. The predicted octanol–water partition coefficient (Wildman–Crippen LogP) is 2.99. The van der Waals surface area contributed by atoms with Crippen LogP contribution in [0.5, 0.6) is 0 Å². The highest BCUT2D eigenvalue weighted by molar-refractivity contribution is 5.77. The van der Waals surface area contributed by atoms with Crippen molar-refractivity contribution in [2.45, 2.75) is 32.7 Å². The zero-order valence-electron chi connectivity index (χ0n) is 9.81. The minimum absolute atomic E-state index is 0.414. The maximum absolute atomic E-state index is 11.1. The van der Waals surface area contributed by atoms with Crippen molar-refractivity contribution in [2.24, 2.45) is 5.92 Å². The van der Waals surface area contributed by atoms with Crippen LogP contribution in [0.2, 0.25) is 0 Å². The number of carboxylic acids is 1. The molecule has 0 aliphatic rings. The molecule has 0 amide bonds. The highest BCUT2D eigenvalue weighted by Crippen LogP contribution is 2.15. The van der Waals surface area contributed by atoms with E-state index in [-0.39, 0.29) is 0 Å². The molecule has 2 atom stereocenters. The largest absolute Gasteiger partial charge is 0.480 e. The Labute approximate surface area is 96.5 Å². The Hall–Kier alpha value is -1.51. The molecule has 88 valence electrons. The van der Waals surface area contributed by atoms with Gasteiger partial charge in [-0.05, 0) is 24.5 Å². The van der Waals surface area contributed by atoms with Crippen LogP contribution in [0.3, 0.4) is 0 Å². The van der Waals surface area contributed by atoms with Crippen LogP contribution < -0.4 is 5.32 Å². The van der Waals surface area contributed by atoms with Gasteiger partial charge in [-0.3, -0.25) is 0 Å². The van der Waals surface area contributed by atoms with Crippen molar-refractivity contribution in [3.63, 3.8) is 0 Å². The fraction of sp³-hybridized carbons (Fsp3) is 0.462. The first kappa shape index (κ1) is 12.6. The van der Waals surface area contributed by atoms with E-state index >= 15 is 0 Å². The van der Waals surface area contributed by atoms with Crippen LogP contribution in [0.4, 0.5) is 5.69 Å². The normalized spacial score (nSPS) is 14.1. The summed E-state index contributed by atoms with van der Waals surface area (Å²) in [5, 5.41) is 12.2. The van der Waals surface area contributed by atoms with E-state index in [0.717, 1.165) is 12.1 Å². The molecule has 0 aromatic heterocycles. The molecule has 0 aliphatic carbocycles. The standard InChI is InChI=1S/C13H19NO2/c1-3-10(2)9-12(13(15)16)14-11-7-5-4-6-8-11/h4-8,10,12,14H,3,9H2,1-2H3,(H,15,16). The van der Waals surface area contributed by atoms with Gasteiger partial charge < -0.3 is 10.4 Å². The van der Waals surface area contributed by atoms with E-state index in [9.17, 15) is 4.79 Å². The first-order valence-corrected chi connectivity index (χ1v) is 5.67. The molecule has 2 N–H and O–H groups in total. The molecule has 1 aromatic rings. The molecule has 1 rings (SSSR count). The van der Waals surface area contributed by atoms with E-state index in [2.05, 4.69) is 19.2 Å². The Morgan fingerprint density at radius 2 is 2.00 bits per heavy atom. The van der Waals surface area contributed by atoms with Gasteiger partial charge in [0, 0.05) is 5.69 Å². The van der Waals surface area contributed by atoms with Crippen molar-refractivity contribution in [1.29, 1.82) is 0 Å². The first-order valence-electron chi connectivity index (χ1n) is 5.67. The van der Waals surface area contributed by atoms with E-state index in [0.29, 0.717) is 12.3 Å². The van der Waals surface area contributed by atoms with Crippen LogP contribution in [-0.4, -0.2) is 17.1 Å². The van der Waals surface area contributed by atoms with Gasteiger partial charge in [0.25, 0.3) is 0 Å². The lowest BCUT2D eigenvalue weighted by Crippen LogP contribution is -2.31. The Balaban J connectivity index is 2.62. The smallest absolute Gasteiger partial charge is 0.326 e. The summed E-state index contributed by atoms with van der Waals surface area (Å²) in [7, 11) is 0. The molecular formula is C13H19NO2. The summed E-state index contributed by atoms with van der Waals surface area (Å²) in [6.07, 6.45) is 1.65. The number of carboxylic acid groups (broad SMARTS) is 1. The molecule has 0 saturated carbocycles. The molecule has 0 fully saturated rings. The quantitative estimate of drug-likeness (QED) is 0.776. The summed E-state index contributed by atoms with van der Waals surface area (Å²) in [6.45, 7) is 4.15. The van der Waals surface area contributed by atoms with Crippen LogP contribution in [0.15, 0.2) is 30.3 Å². The summed E-state index contributed by atoms with van der Waals surface area (Å²) < 4.78 is 0. The maximum Gasteiger partial charge on any atom is 0.326 e. The number of hydrogen-bond acceptors (Lipinski definition) is 2. The summed E-state index contributed by atoms with van der Waals surface area (Å²) >= 11 is 0. The van der Waals surface area contributed by atoms with E-state index in [1.165, 1.54) is 0 Å². The number of benzene rings is 1. The predicted molar refractivity (Wildman–Crippen MR) is 65.6 cm³/mol. The van der Waals surface area contributed by atoms with Crippen LogP contribution in [0.25, 0.3) is 0 Å². The molecule has 0 radical (unpaired) electrons. The van der Waals surface area contributed by atoms with Gasteiger partial charge in [0.2, 0.25) is 0 Å². The third kappa shape index (κ3) is 3.93. The monoisotopic (exact) mass is 221 g/mol. The zero-order valence-corrected chi connectivity index (χ0v) is 9.81. The Kier molecular flexibility index (Phi) is 4.83. The van der Waals surface area contributed by atoms with Crippen molar-refractivity contribution in [2.75, 3.05) is 5.32 Å². The van der Waals surface area contributed by atoms with Gasteiger partial charge in [-0.1, -0.05) is 38.5 Å². The number of rotatable bonds is 6. The highest BCUT2D eigenvalue weighted by atomic mass is 16.4. The van der Waals surface area contributed by atoms with Crippen molar-refractivity contribution in [1.82, 2.24) is 0 Å². The maximum atomic E-state index is 11.1. The van der Waals surface area contributed by atoms with Gasteiger partial charge in [-0.2, -0.15) is 0 Å². The Morgan fingerprint density at radius 1 is 1.38 bits per heavy atom. The lowest BCUT2D eigenvalue weighted by atomic mass is 9.99. The molecule has 0 spiro atoms. The fourth-order valence-corrected chi connectivity index (χ4v) is 1.53. The average molecular weight is 221 g/mol. The third-order valence-corrected chi connectivity index (χ3v) is 2.75. The highest BCUT2D eigenvalue weighted by Gasteiger charge is 2.19. The molecule has 3 heteroatoms. The van der Waals surface area contributed by atoms with Crippen LogP contribution in [-0.2, 0) is 4.79 Å². The summed E-state index contributed by atoms with van der Waals surface area (Å²) in [5.74, 6) is -0.374. The minimum Gasteiger partial charge on any atom is -0.480 e. The van der Waals surface area contributed by atoms with Gasteiger partial charge >= 0.3 is 5.97 Å². The van der Waals surface area contributed by atoms with Crippen molar-refractivity contribution in [3.8, 4) is 0 Å². The number of hydrogen-bond donors (Lipinski definition) is 2. The molecule has 0 aliphatic heterocycles. The number of anilines is 1. The SMILES string of the molecule is CCC(C)CC(Nc1ccccc1)C(=O)O. The number of carbonyl (C=O) groups is 1. The summed E-state index contributed by atoms with van der Waals surface area (Å²) in [4.78, 5) is 11.1. The third-order valence-electron chi connectivity index (χ3n) is 2.75. The second kappa shape index (κ2) is 6.16. The first-order chi connectivity index (χ1) is 7.63. The number of nitrogens with one attached hydrogen (secondary N) is 1. The molecule has 0 heterocycles. The van der Waals surface area contributed by atoms with Crippen molar-refractivity contribution in [3.05, 3.63) is 30.3 Å². The van der Waals surface area contributed by atoms with Crippen LogP contribution >= 0.6 is 0 Å². The second-order valence-corrected chi connectivity index (χ2v) is 4.15. The lowest BCUT2D eigenvalue weighted by Gasteiger charge is -2.18. The topological polar surface area (TPSA) is 49.3 Å². The number of aliphatic carboxylic acids is 1. The van der Waals surface area contributed by atoms with Gasteiger partial charge in [0.15, 0.2) is 0 Å². The van der Waals surface area contributed by atoms with Gasteiger partial charge in [-0.25, -0.2) is 4.79 Å². The molecule has 2 unspecified atom stereocenters. The van der Waals surface area contributed by atoms with E-state index in [1.807, 2.05) is 30.3 Å². The summed E-state index contributed by atoms with van der Waals surface area (Å²) in [5.41, 5.74) is 0.859. The van der Waals surface area contributed by atoms with Gasteiger partial charge in [0.1, 0.15) is 6.04 Å². The zero-order chi connectivity index (χ0) is 12.0. The van der Waals surface area contributed by atoms with Gasteiger partial charge in [0.05, 0.1) is 0 Å². The van der Waals surface area contributed by atoms with Crippen LogP contribution in [0, 0.1) is 5.92 Å². The molecule has 16 heavy (non-hydrogen) atoms. The Morgan fingerprint density at radius 3 is 2.50 bits per heavy atom. The van der Waals surface area contributed by atoms with Crippen molar-refractivity contribution >= 4 is 11.7 Å². The molecular weight excluding hydrogens is 202 g/mol. The minimum atomic E-state index is -0.788.